The number of benzene rings is 1. The van der Waals surface area contributed by atoms with Gasteiger partial charge in [0.1, 0.15) is 0 Å². The lowest BCUT2D eigenvalue weighted by Crippen LogP contribution is -2.06. The van der Waals surface area contributed by atoms with Gasteiger partial charge in [-0.05, 0) is 19.0 Å². The summed E-state index contributed by atoms with van der Waals surface area (Å²) in [7, 11) is 1.53. The van der Waals surface area contributed by atoms with Gasteiger partial charge in [0.05, 0.1) is 18.7 Å². The van der Waals surface area contributed by atoms with E-state index in [1.54, 1.807) is 12.1 Å². The van der Waals surface area contributed by atoms with Crippen LogP contribution < -0.4 is 15.2 Å². The molecule has 0 aromatic heterocycles. The monoisotopic (exact) mass is 249 g/mol. The van der Waals surface area contributed by atoms with Crippen molar-refractivity contribution in [3.63, 3.8) is 0 Å². The number of rotatable bonds is 5. The third-order valence-corrected chi connectivity index (χ3v) is 2.28. The molecule has 0 aliphatic rings. The van der Waals surface area contributed by atoms with Gasteiger partial charge < -0.3 is 15.2 Å². The molecule has 0 saturated carbocycles. The van der Waals surface area contributed by atoms with Gasteiger partial charge in [0, 0.05) is 11.1 Å². The summed E-state index contributed by atoms with van der Waals surface area (Å²) >= 11 is 11.8. The minimum atomic E-state index is 0.438. The number of halogens is 2. The molecule has 15 heavy (non-hydrogen) atoms. The van der Waals surface area contributed by atoms with Crippen molar-refractivity contribution in [2.75, 3.05) is 20.3 Å². The number of hydrogen-bond donors (Lipinski definition) is 1. The highest BCUT2D eigenvalue weighted by Gasteiger charge is 2.10. The molecule has 0 amide bonds. The molecule has 2 N–H and O–H groups in total. The highest BCUT2D eigenvalue weighted by atomic mass is 35.5. The van der Waals surface area contributed by atoms with Crippen LogP contribution in [0, 0.1) is 0 Å². The van der Waals surface area contributed by atoms with Crippen LogP contribution in [0.15, 0.2) is 12.1 Å². The molecule has 0 fully saturated rings. The fourth-order valence-electron chi connectivity index (χ4n) is 1.11. The summed E-state index contributed by atoms with van der Waals surface area (Å²) in [6.45, 7) is 1.10. The van der Waals surface area contributed by atoms with Crippen molar-refractivity contribution in [2.24, 2.45) is 5.73 Å². The normalized spacial score (nSPS) is 10.1. The lowest BCUT2D eigenvalue weighted by Gasteiger charge is -2.11. The summed E-state index contributed by atoms with van der Waals surface area (Å²) in [5.74, 6) is 1.04. The molecule has 0 bridgehead atoms. The summed E-state index contributed by atoms with van der Waals surface area (Å²) < 4.78 is 10.6. The van der Waals surface area contributed by atoms with Crippen molar-refractivity contribution in [3.8, 4) is 11.5 Å². The van der Waals surface area contributed by atoms with Gasteiger partial charge in [0.2, 0.25) is 0 Å². The number of methoxy groups -OCH3 is 1. The first-order chi connectivity index (χ1) is 7.19. The van der Waals surface area contributed by atoms with Gasteiger partial charge in [-0.1, -0.05) is 23.2 Å². The van der Waals surface area contributed by atoms with Crippen LogP contribution in [0.5, 0.6) is 11.5 Å². The van der Waals surface area contributed by atoms with Crippen LogP contribution >= 0.6 is 23.2 Å². The Morgan fingerprint density at radius 1 is 1.33 bits per heavy atom. The van der Waals surface area contributed by atoms with Crippen LogP contribution in [-0.2, 0) is 0 Å². The molecule has 5 heteroatoms. The Morgan fingerprint density at radius 2 is 2.07 bits per heavy atom. The summed E-state index contributed by atoms with van der Waals surface area (Å²) in [5, 5.41) is 0.955. The molecule has 0 radical (unpaired) electrons. The summed E-state index contributed by atoms with van der Waals surface area (Å²) in [6.07, 6.45) is 0.771. The summed E-state index contributed by atoms with van der Waals surface area (Å²) in [5.41, 5.74) is 5.36. The van der Waals surface area contributed by atoms with Crippen molar-refractivity contribution >= 4 is 23.2 Å². The van der Waals surface area contributed by atoms with E-state index in [0.717, 1.165) is 6.42 Å². The van der Waals surface area contributed by atoms with E-state index in [4.69, 9.17) is 38.4 Å². The standard InChI is InChI=1S/C10H13Cl2NO2/c1-14-10-8(12)5-7(11)6-9(10)15-4-2-3-13/h5-6H,2-4,13H2,1H3. The predicted molar refractivity (Wildman–Crippen MR) is 62.2 cm³/mol. The topological polar surface area (TPSA) is 44.5 Å². The Morgan fingerprint density at radius 3 is 2.67 bits per heavy atom. The second kappa shape index (κ2) is 6.05. The zero-order chi connectivity index (χ0) is 11.3. The third kappa shape index (κ3) is 3.45. The molecule has 0 atom stereocenters. The minimum absolute atomic E-state index is 0.438. The van der Waals surface area contributed by atoms with Crippen LogP contribution in [-0.4, -0.2) is 20.3 Å². The zero-order valence-electron chi connectivity index (χ0n) is 8.43. The van der Waals surface area contributed by atoms with E-state index in [2.05, 4.69) is 0 Å². The first-order valence-corrected chi connectivity index (χ1v) is 5.30. The lowest BCUT2D eigenvalue weighted by molar-refractivity contribution is 0.291. The molecule has 1 aromatic rings. The molecule has 0 aliphatic carbocycles. The van der Waals surface area contributed by atoms with Crippen molar-refractivity contribution in [3.05, 3.63) is 22.2 Å². The van der Waals surface area contributed by atoms with Crippen LogP contribution in [0.25, 0.3) is 0 Å². The van der Waals surface area contributed by atoms with Crippen molar-refractivity contribution in [1.82, 2.24) is 0 Å². The molecule has 3 nitrogen and oxygen atoms in total. The second-order valence-corrected chi connectivity index (χ2v) is 3.75. The largest absolute Gasteiger partial charge is 0.491 e. The molecular weight excluding hydrogens is 237 g/mol. The van der Waals surface area contributed by atoms with Gasteiger partial charge in [-0.25, -0.2) is 0 Å². The Hall–Kier alpha value is -0.640. The van der Waals surface area contributed by atoms with Crippen LogP contribution in [0.3, 0.4) is 0 Å². The quantitative estimate of drug-likeness (QED) is 0.817. The van der Waals surface area contributed by atoms with E-state index in [-0.39, 0.29) is 0 Å². The molecule has 0 saturated heterocycles. The molecule has 1 rings (SSSR count). The predicted octanol–water partition coefficient (Wildman–Crippen LogP) is 2.73. The van der Waals surface area contributed by atoms with E-state index in [1.165, 1.54) is 7.11 Å². The average Bonchev–Trinajstić information content (AvgIpc) is 2.17. The Kier molecular flexibility index (Phi) is 5.02. The minimum Gasteiger partial charge on any atom is -0.491 e. The van der Waals surface area contributed by atoms with E-state index < -0.39 is 0 Å². The Bertz CT molecular complexity index is 331. The van der Waals surface area contributed by atoms with E-state index in [9.17, 15) is 0 Å². The van der Waals surface area contributed by atoms with Gasteiger partial charge in [-0.15, -0.1) is 0 Å². The maximum atomic E-state index is 5.93. The molecule has 1 aromatic carbocycles. The number of ether oxygens (including phenoxy) is 2. The Balaban J connectivity index is 2.84. The summed E-state index contributed by atoms with van der Waals surface area (Å²) in [4.78, 5) is 0. The fraction of sp³-hybridized carbons (Fsp3) is 0.400. The molecule has 0 spiro atoms. The molecular formula is C10H13Cl2NO2. The van der Waals surface area contributed by atoms with E-state index in [0.29, 0.717) is 34.7 Å². The highest BCUT2D eigenvalue weighted by molar-refractivity contribution is 6.35. The van der Waals surface area contributed by atoms with Gasteiger partial charge >= 0.3 is 0 Å². The summed E-state index contributed by atoms with van der Waals surface area (Å²) in [6, 6.07) is 3.28. The molecule has 0 heterocycles. The molecule has 0 aliphatic heterocycles. The lowest BCUT2D eigenvalue weighted by atomic mass is 10.3. The van der Waals surface area contributed by atoms with Crippen LogP contribution in [0.1, 0.15) is 6.42 Å². The first-order valence-electron chi connectivity index (χ1n) is 4.55. The van der Waals surface area contributed by atoms with Crippen molar-refractivity contribution in [1.29, 1.82) is 0 Å². The SMILES string of the molecule is COc1c(Cl)cc(Cl)cc1OCCCN. The van der Waals surface area contributed by atoms with E-state index >= 15 is 0 Å². The van der Waals surface area contributed by atoms with Crippen LogP contribution in [0.2, 0.25) is 10.0 Å². The first kappa shape index (κ1) is 12.4. The second-order valence-electron chi connectivity index (χ2n) is 2.91. The third-order valence-electron chi connectivity index (χ3n) is 1.78. The smallest absolute Gasteiger partial charge is 0.179 e. The van der Waals surface area contributed by atoms with Crippen molar-refractivity contribution < 1.29 is 9.47 Å². The maximum Gasteiger partial charge on any atom is 0.179 e. The fourth-order valence-corrected chi connectivity index (χ4v) is 1.66. The van der Waals surface area contributed by atoms with Gasteiger partial charge in [0.15, 0.2) is 11.5 Å². The van der Waals surface area contributed by atoms with E-state index in [1.807, 2.05) is 0 Å². The number of nitrogens with two attached hydrogens (primary N) is 1. The number of hydrogen-bond acceptors (Lipinski definition) is 3. The van der Waals surface area contributed by atoms with Crippen LogP contribution in [0.4, 0.5) is 0 Å². The average molecular weight is 250 g/mol. The van der Waals surface area contributed by atoms with Gasteiger partial charge in [-0.3, -0.25) is 0 Å². The van der Waals surface area contributed by atoms with Gasteiger partial charge in [-0.2, -0.15) is 0 Å². The molecule has 0 unspecified atom stereocenters. The van der Waals surface area contributed by atoms with Gasteiger partial charge in [0.25, 0.3) is 0 Å². The maximum absolute atomic E-state index is 5.93. The van der Waals surface area contributed by atoms with Crippen molar-refractivity contribution in [2.45, 2.75) is 6.42 Å². The highest BCUT2D eigenvalue weighted by Crippen LogP contribution is 2.37. The zero-order valence-corrected chi connectivity index (χ0v) is 9.94. The molecule has 84 valence electrons. The Labute approximate surface area is 99.1 Å².